The molecule has 0 saturated carbocycles. The van der Waals surface area contributed by atoms with Crippen LogP contribution >= 0.6 is 0 Å². The van der Waals surface area contributed by atoms with E-state index in [0.717, 1.165) is 16.7 Å². The lowest BCUT2D eigenvalue weighted by atomic mass is 9.89. The van der Waals surface area contributed by atoms with Crippen LogP contribution in [0.15, 0.2) is 36.4 Å². The highest BCUT2D eigenvalue weighted by atomic mass is 16.5. The molecule has 1 aliphatic rings. The molecule has 8 nitrogen and oxygen atoms in total. The lowest BCUT2D eigenvalue weighted by Crippen LogP contribution is -2.41. The van der Waals surface area contributed by atoms with Crippen LogP contribution in [0.1, 0.15) is 46.4 Å². The third-order valence-electron chi connectivity index (χ3n) is 5.59. The smallest absolute Gasteiger partial charge is 0.307 e. The van der Waals surface area contributed by atoms with Gasteiger partial charge in [0.1, 0.15) is 0 Å². The largest absolute Gasteiger partial charge is 0.493 e. The number of methoxy groups -OCH3 is 3. The minimum atomic E-state index is -0.488. The molecule has 0 radical (unpaired) electrons. The Hall–Kier alpha value is -3.55. The molecule has 1 atom stereocenters. The van der Waals surface area contributed by atoms with Gasteiger partial charge in [0.2, 0.25) is 5.91 Å². The van der Waals surface area contributed by atoms with Gasteiger partial charge in [-0.3, -0.25) is 14.4 Å². The molecule has 2 aromatic rings. The van der Waals surface area contributed by atoms with E-state index in [1.54, 1.807) is 31.3 Å². The van der Waals surface area contributed by atoms with E-state index in [0.29, 0.717) is 36.6 Å². The molecule has 32 heavy (non-hydrogen) atoms. The van der Waals surface area contributed by atoms with E-state index in [1.807, 2.05) is 24.3 Å². The molecular formula is C24H28N2O6. The summed E-state index contributed by atoms with van der Waals surface area (Å²) in [5.41, 5.74) is 3.25. The number of carbonyl (C=O) groups excluding carboxylic acids is 3. The molecule has 8 heteroatoms. The van der Waals surface area contributed by atoms with Crippen LogP contribution in [-0.2, 0) is 27.3 Å². The molecule has 3 rings (SSSR count). The van der Waals surface area contributed by atoms with Crippen molar-refractivity contribution in [3.8, 4) is 11.5 Å². The van der Waals surface area contributed by atoms with Crippen LogP contribution in [0.25, 0.3) is 0 Å². The van der Waals surface area contributed by atoms with Crippen LogP contribution in [-0.4, -0.2) is 50.6 Å². The van der Waals surface area contributed by atoms with Crippen LogP contribution < -0.4 is 14.8 Å². The van der Waals surface area contributed by atoms with E-state index in [4.69, 9.17) is 14.2 Å². The van der Waals surface area contributed by atoms with Crippen molar-refractivity contribution in [1.29, 1.82) is 0 Å². The van der Waals surface area contributed by atoms with Gasteiger partial charge in [-0.1, -0.05) is 12.1 Å². The molecule has 1 aliphatic heterocycles. The summed E-state index contributed by atoms with van der Waals surface area (Å²) in [6, 6.07) is 10.3. The maximum Gasteiger partial charge on any atom is 0.307 e. The molecule has 0 spiro atoms. The van der Waals surface area contributed by atoms with Crippen molar-refractivity contribution in [1.82, 2.24) is 10.2 Å². The quantitative estimate of drug-likeness (QED) is 0.666. The third kappa shape index (κ3) is 5.01. The van der Waals surface area contributed by atoms with E-state index in [1.165, 1.54) is 14.0 Å². The second-order valence-electron chi connectivity index (χ2n) is 7.56. The van der Waals surface area contributed by atoms with E-state index >= 15 is 0 Å². The van der Waals surface area contributed by atoms with Gasteiger partial charge in [0.05, 0.1) is 33.8 Å². The average Bonchev–Trinajstić information content (AvgIpc) is 2.81. The summed E-state index contributed by atoms with van der Waals surface area (Å²) in [5, 5.41) is 2.73. The fourth-order valence-electron chi connectivity index (χ4n) is 3.89. The predicted octanol–water partition coefficient (Wildman–Crippen LogP) is 2.64. The first-order chi connectivity index (χ1) is 15.4. The van der Waals surface area contributed by atoms with Crippen molar-refractivity contribution in [2.45, 2.75) is 32.4 Å². The molecule has 0 fully saturated rings. The number of benzene rings is 2. The fraction of sp³-hybridized carbons (Fsp3) is 0.375. The number of amides is 2. The zero-order valence-corrected chi connectivity index (χ0v) is 18.8. The number of nitrogens with one attached hydrogen (secondary N) is 1. The molecule has 0 aliphatic carbocycles. The van der Waals surface area contributed by atoms with E-state index in [9.17, 15) is 14.4 Å². The first-order valence-corrected chi connectivity index (χ1v) is 10.3. The third-order valence-corrected chi connectivity index (χ3v) is 5.59. The summed E-state index contributed by atoms with van der Waals surface area (Å²) in [4.78, 5) is 38.4. The summed E-state index contributed by atoms with van der Waals surface area (Å²) in [6.45, 7) is 2.31. The summed E-state index contributed by atoms with van der Waals surface area (Å²) in [6.07, 6.45) is 0.658. The molecule has 0 bridgehead atoms. The van der Waals surface area contributed by atoms with Gasteiger partial charge in [-0.25, -0.2) is 0 Å². The average molecular weight is 440 g/mol. The Balaban J connectivity index is 1.92. The van der Waals surface area contributed by atoms with Gasteiger partial charge < -0.3 is 24.4 Å². The summed E-state index contributed by atoms with van der Waals surface area (Å²) >= 11 is 0. The molecule has 1 heterocycles. The number of nitrogens with zero attached hydrogens (tertiary/aromatic N) is 1. The molecule has 170 valence electrons. The fourth-order valence-corrected chi connectivity index (χ4v) is 3.89. The Bertz CT molecular complexity index is 1000. The van der Waals surface area contributed by atoms with Crippen molar-refractivity contribution in [2.24, 2.45) is 0 Å². The van der Waals surface area contributed by atoms with Crippen LogP contribution in [0, 0.1) is 0 Å². The van der Waals surface area contributed by atoms with Gasteiger partial charge in [0.25, 0.3) is 5.91 Å². The number of carbonyl (C=O) groups is 3. The monoisotopic (exact) mass is 440 g/mol. The van der Waals surface area contributed by atoms with Crippen LogP contribution in [0.2, 0.25) is 0 Å². The SMILES string of the molecule is COC(=O)C[C@@H]1c2cc(OC)c(OC)cc2CCN1C(=O)c1ccc(CNC(C)=O)cc1. The van der Waals surface area contributed by atoms with Crippen molar-refractivity contribution in [2.75, 3.05) is 27.9 Å². The Morgan fingerprint density at radius 2 is 1.69 bits per heavy atom. The molecule has 0 aromatic heterocycles. The number of rotatable bonds is 7. The molecule has 0 unspecified atom stereocenters. The first-order valence-electron chi connectivity index (χ1n) is 10.3. The lowest BCUT2D eigenvalue weighted by Gasteiger charge is -2.37. The highest BCUT2D eigenvalue weighted by molar-refractivity contribution is 5.95. The van der Waals surface area contributed by atoms with E-state index in [-0.39, 0.29) is 18.2 Å². The van der Waals surface area contributed by atoms with Crippen molar-refractivity contribution < 1.29 is 28.6 Å². The van der Waals surface area contributed by atoms with Crippen LogP contribution in [0.4, 0.5) is 0 Å². The van der Waals surface area contributed by atoms with Gasteiger partial charge in [-0.05, 0) is 47.4 Å². The minimum absolute atomic E-state index is 0.0331. The standard InChI is InChI=1S/C24H28N2O6/c1-15(27)25-14-16-5-7-17(8-6-16)24(29)26-10-9-18-11-21(30-2)22(31-3)12-19(18)20(26)13-23(28)32-4/h5-8,11-12,20H,9-10,13-14H2,1-4H3,(H,25,27)/t20-/m1/s1. The summed E-state index contributed by atoms with van der Waals surface area (Å²) in [5.74, 6) is 0.455. The Morgan fingerprint density at radius 1 is 1.03 bits per heavy atom. The van der Waals surface area contributed by atoms with Crippen molar-refractivity contribution in [3.05, 3.63) is 58.7 Å². The highest BCUT2D eigenvalue weighted by Gasteiger charge is 2.34. The molecule has 0 saturated heterocycles. The van der Waals surface area contributed by atoms with Gasteiger partial charge in [-0.2, -0.15) is 0 Å². The zero-order valence-electron chi connectivity index (χ0n) is 18.8. The number of esters is 1. The molecule has 2 aromatic carbocycles. The second-order valence-corrected chi connectivity index (χ2v) is 7.56. The van der Waals surface area contributed by atoms with Gasteiger partial charge in [0.15, 0.2) is 11.5 Å². The maximum atomic E-state index is 13.4. The highest BCUT2D eigenvalue weighted by Crippen LogP contribution is 2.40. The van der Waals surface area contributed by atoms with Gasteiger partial charge in [0, 0.05) is 25.6 Å². The van der Waals surface area contributed by atoms with Crippen LogP contribution in [0.3, 0.4) is 0 Å². The Morgan fingerprint density at radius 3 is 2.28 bits per heavy atom. The maximum absolute atomic E-state index is 13.4. The lowest BCUT2D eigenvalue weighted by molar-refractivity contribution is -0.142. The van der Waals surface area contributed by atoms with E-state index in [2.05, 4.69) is 5.32 Å². The molecular weight excluding hydrogens is 412 g/mol. The number of ether oxygens (including phenoxy) is 3. The van der Waals surface area contributed by atoms with Gasteiger partial charge in [-0.15, -0.1) is 0 Å². The first kappa shape index (κ1) is 23.1. The number of hydrogen-bond acceptors (Lipinski definition) is 6. The number of fused-ring (bicyclic) bond motifs is 1. The zero-order chi connectivity index (χ0) is 23.3. The topological polar surface area (TPSA) is 94.2 Å². The number of hydrogen-bond donors (Lipinski definition) is 1. The van der Waals surface area contributed by atoms with Crippen molar-refractivity contribution >= 4 is 17.8 Å². The Kier molecular flexibility index (Phi) is 7.35. The van der Waals surface area contributed by atoms with Crippen molar-refractivity contribution in [3.63, 3.8) is 0 Å². The molecule has 1 N–H and O–H groups in total. The summed E-state index contributed by atoms with van der Waals surface area (Å²) in [7, 11) is 4.46. The van der Waals surface area contributed by atoms with Crippen LogP contribution in [0.5, 0.6) is 11.5 Å². The normalized spacial score (nSPS) is 14.9. The minimum Gasteiger partial charge on any atom is -0.493 e. The predicted molar refractivity (Wildman–Crippen MR) is 118 cm³/mol. The van der Waals surface area contributed by atoms with E-state index < -0.39 is 12.0 Å². The summed E-state index contributed by atoms with van der Waals surface area (Å²) < 4.78 is 15.7. The Labute approximate surface area is 187 Å². The second kappa shape index (κ2) is 10.2. The van der Waals surface area contributed by atoms with Gasteiger partial charge >= 0.3 is 5.97 Å². The molecule has 2 amide bonds.